The topological polar surface area (TPSA) is 72.2 Å². The van der Waals surface area contributed by atoms with Gasteiger partial charge >= 0.3 is 0 Å². The summed E-state index contributed by atoms with van der Waals surface area (Å²) in [4.78, 5) is 24.0. The van der Waals surface area contributed by atoms with Crippen LogP contribution in [0, 0.1) is 17.8 Å². The number of amides is 2. The van der Waals surface area contributed by atoms with E-state index in [4.69, 9.17) is 5.73 Å². The van der Waals surface area contributed by atoms with Crippen molar-refractivity contribution in [1.29, 1.82) is 0 Å². The zero-order chi connectivity index (χ0) is 15.0. The van der Waals surface area contributed by atoms with Crippen molar-refractivity contribution >= 4 is 11.8 Å². The predicted molar refractivity (Wildman–Crippen MR) is 80.9 cm³/mol. The molecule has 2 amide bonds. The van der Waals surface area contributed by atoms with Crippen molar-refractivity contribution in [3.63, 3.8) is 0 Å². The molecule has 114 valence electrons. The van der Waals surface area contributed by atoms with E-state index in [2.05, 4.69) is 5.32 Å². The number of allylic oxidation sites excluding steroid dienone is 2. The van der Waals surface area contributed by atoms with Gasteiger partial charge in [0.05, 0.1) is 11.8 Å². The van der Waals surface area contributed by atoms with Gasteiger partial charge in [-0.1, -0.05) is 37.8 Å². The van der Waals surface area contributed by atoms with Gasteiger partial charge in [0.25, 0.3) is 0 Å². The van der Waals surface area contributed by atoms with Crippen LogP contribution in [0.3, 0.4) is 0 Å². The molecule has 0 spiro atoms. The molecule has 1 aliphatic rings. The molecule has 2 atom stereocenters. The van der Waals surface area contributed by atoms with E-state index in [-0.39, 0.29) is 17.7 Å². The number of rotatable bonds is 8. The Balaban J connectivity index is 2.80. The average molecular weight is 280 g/mol. The van der Waals surface area contributed by atoms with Crippen LogP contribution in [0.2, 0.25) is 0 Å². The highest BCUT2D eigenvalue weighted by molar-refractivity contribution is 5.87. The van der Waals surface area contributed by atoms with Gasteiger partial charge in [0.1, 0.15) is 0 Å². The van der Waals surface area contributed by atoms with E-state index in [0.29, 0.717) is 18.9 Å². The van der Waals surface area contributed by atoms with Crippen LogP contribution in [0.4, 0.5) is 0 Å². The molecular formula is C16H28N2O2. The highest BCUT2D eigenvalue weighted by atomic mass is 16.2. The fourth-order valence-electron chi connectivity index (χ4n) is 3.13. The Morgan fingerprint density at radius 1 is 1.30 bits per heavy atom. The summed E-state index contributed by atoms with van der Waals surface area (Å²) in [5.74, 6) is -0.495. The molecule has 0 unspecified atom stereocenters. The van der Waals surface area contributed by atoms with Crippen molar-refractivity contribution in [2.45, 2.75) is 52.4 Å². The van der Waals surface area contributed by atoms with Crippen LogP contribution >= 0.6 is 0 Å². The first-order chi connectivity index (χ1) is 9.60. The minimum absolute atomic E-state index is 0.0206. The highest BCUT2D eigenvalue weighted by Gasteiger charge is 2.34. The smallest absolute Gasteiger partial charge is 0.223 e. The molecule has 0 aliphatic heterocycles. The second-order valence-corrected chi connectivity index (χ2v) is 5.70. The third-order valence-corrected chi connectivity index (χ3v) is 4.23. The first-order valence-electron chi connectivity index (χ1n) is 7.78. The number of nitrogens with one attached hydrogen (secondary N) is 1. The fourth-order valence-corrected chi connectivity index (χ4v) is 3.13. The van der Waals surface area contributed by atoms with Crippen molar-refractivity contribution in [2.75, 3.05) is 6.54 Å². The van der Waals surface area contributed by atoms with Crippen LogP contribution in [-0.4, -0.2) is 18.4 Å². The number of hydrogen-bond acceptors (Lipinski definition) is 2. The third kappa shape index (κ3) is 4.99. The summed E-state index contributed by atoms with van der Waals surface area (Å²) >= 11 is 0. The largest absolute Gasteiger partial charge is 0.369 e. The van der Waals surface area contributed by atoms with E-state index >= 15 is 0 Å². The lowest BCUT2D eigenvalue weighted by atomic mass is 9.80. The minimum Gasteiger partial charge on any atom is -0.369 e. The summed E-state index contributed by atoms with van der Waals surface area (Å²) in [6.45, 7) is 4.40. The van der Waals surface area contributed by atoms with Crippen molar-refractivity contribution in [1.82, 2.24) is 5.32 Å². The number of nitrogens with two attached hydrogens (primary N) is 1. The Morgan fingerprint density at radius 2 is 1.95 bits per heavy atom. The Kier molecular flexibility index (Phi) is 7.34. The molecule has 1 aliphatic carbocycles. The molecule has 1 rings (SSSR count). The summed E-state index contributed by atoms with van der Waals surface area (Å²) < 4.78 is 0. The average Bonchev–Trinajstić information content (AvgIpc) is 2.90. The van der Waals surface area contributed by atoms with Crippen LogP contribution in [0.5, 0.6) is 0 Å². The summed E-state index contributed by atoms with van der Waals surface area (Å²) in [6.07, 6.45) is 10.00. The Morgan fingerprint density at radius 3 is 2.45 bits per heavy atom. The monoisotopic (exact) mass is 280 g/mol. The van der Waals surface area contributed by atoms with Crippen LogP contribution in [0.25, 0.3) is 0 Å². The van der Waals surface area contributed by atoms with Crippen molar-refractivity contribution < 1.29 is 9.59 Å². The van der Waals surface area contributed by atoms with Gasteiger partial charge in [-0.05, 0) is 32.6 Å². The Labute approximate surface area is 122 Å². The first-order valence-corrected chi connectivity index (χ1v) is 7.78. The van der Waals surface area contributed by atoms with E-state index in [1.54, 1.807) is 0 Å². The normalized spacial score (nSPS) is 19.1. The molecule has 4 nitrogen and oxygen atoms in total. The lowest BCUT2D eigenvalue weighted by molar-refractivity contribution is -0.133. The molecule has 0 aromatic heterocycles. The van der Waals surface area contributed by atoms with Gasteiger partial charge in [0.2, 0.25) is 11.8 Å². The van der Waals surface area contributed by atoms with Gasteiger partial charge in [0.15, 0.2) is 0 Å². The van der Waals surface area contributed by atoms with Gasteiger partial charge in [-0.2, -0.15) is 0 Å². The minimum atomic E-state index is -0.390. The van der Waals surface area contributed by atoms with Gasteiger partial charge in [-0.3, -0.25) is 9.59 Å². The van der Waals surface area contributed by atoms with Crippen LogP contribution < -0.4 is 11.1 Å². The zero-order valence-corrected chi connectivity index (χ0v) is 12.7. The first kappa shape index (κ1) is 16.7. The van der Waals surface area contributed by atoms with Crippen molar-refractivity contribution in [2.24, 2.45) is 23.5 Å². The number of primary amides is 1. The summed E-state index contributed by atoms with van der Waals surface area (Å²) in [5.41, 5.74) is 5.53. The quantitative estimate of drug-likeness (QED) is 0.670. The number of hydrogen-bond donors (Lipinski definition) is 2. The maximum absolute atomic E-state index is 12.3. The zero-order valence-electron chi connectivity index (χ0n) is 12.7. The summed E-state index contributed by atoms with van der Waals surface area (Å²) in [6, 6.07) is 0. The number of carbonyl (C=O) groups excluding carboxylic acids is 2. The fraction of sp³-hybridized carbons (Fsp3) is 0.750. The maximum atomic E-state index is 12.3. The summed E-state index contributed by atoms with van der Waals surface area (Å²) in [7, 11) is 0. The molecule has 0 bridgehead atoms. The SMILES string of the molecule is C/C=C/C[C@H](C(N)=O)[C@@H](CC1CCCC1)C(=O)NCC. The highest BCUT2D eigenvalue weighted by Crippen LogP contribution is 2.34. The molecule has 20 heavy (non-hydrogen) atoms. The van der Waals surface area contributed by atoms with E-state index in [1.807, 2.05) is 26.0 Å². The Hall–Kier alpha value is -1.32. The van der Waals surface area contributed by atoms with Crippen molar-refractivity contribution in [3.8, 4) is 0 Å². The molecule has 3 N–H and O–H groups in total. The van der Waals surface area contributed by atoms with Crippen LogP contribution in [0.1, 0.15) is 52.4 Å². The van der Waals surface area contributed by atoms with E-state index in [0.717, 1.165) is 6.42 Å². The second kappa shape index (κ2) is 8.77. The molecule has 0 aromatic carbocycles. The molecule has 4 heteroatoms. The lowest BCUT2D eigenvalue weighted by Crippen LogP contribution is -2.41. The molecule has 0 aromatic rings. The van der Waals surface area contributed by atoms with Gasteiger partial charge in [-0.25, -0.2) is 0 Å². The molecule has 1 saturated carbocycles. The van der Waals surface area contributed by atoms with Crippen molar-refractivity contribution in [3.05, 3.63) is 12.2 Å². The molecule has 0 saturated heterocycles. The number of carbonyl (C=O) groups is 2. The molecule has 0 radical (unpaired) electrons. The van der Waals surface area contributed by atoms with Crippen LogP contribution in [-0.2, 0) is 9.59 Å². The standard InChI is InChI=1S/C16H28N2O2/c1-3-5-10-13(15(17)19)14(16(20)18-4-2)11-12-8-6-7-9-12/h3,5,12-14H,4,6-11H2,1-2H3,(H2,17,19)(H,18,20)/b5-3+/t13-,14+/m0/s1. The third-order valence-electron chi connectivity index (χ3n) is 4.23. The lowest BCUT2D eigenvalue weighted by Gasteiger charge is -2.25. The predicted octanol–water partition coefficient (Wildman–Crippen LogP) is 2.39. The van der Waals surface area contributed by atoms with Crippen LogP contribution in [0.15, 0.2) is 12.2 Å². The van der Waals surface area contributed by atoms with E-state index in [9.17, 15) is 9.59 Å². The Bertz CT molecular complexity index is 346. The molecule has 1 fully saturated rings. The molecular weight excluding hydrogens is 252 g/mol. The van der Waals surface area contributed by atoms with Gasteiger partial charge in [-0.15, -0.1) is 0 Å². The van der Waals surface area contributed by atoms with Gasteiger partial charge < -0.3 is 11.1 Å². The van der Waals surface area contributed by atoms with E-state index < -0.39 is 5.92 Å². The maximum Gasteiger partial charge on any atom is 0.223 e. The molecule has 0 heterocycles. The summed E-state index contributed by atoms with van der Waals surface area (Å²) in [5, 5.41) is 2.86. The second-order valence-electron chi connectivity index (χ2n) is 5.70. The van der Waals surface area contributed by atoms with E-state index in [1.165, 1.54) is 25.7 Å². The van der Waals surface area contributed by atoms with Gasteiger partial charge in [0, 0.05) is 6.54 Å².